The molecule has 0 amide bonds. The van der Waals surface area contributed by atoms with Crippen molar-refractivity contribution in [2.45, 2.75) is 6.54 Å². The number of benzene rings is 1. The number of aromatic nitrogens is 2. The van der Waals surface area contributed by atoms with Gasteiger partial charge in [0.2, 0.25) is 0 Å². The lowest BCUT2D eigenvalue weighted by atomic mass is 10.2. The highest BCUT2D eigenvalue weighted by atomic mass is 79.9. The van der Waals surface area contributed by atoms with Crippen molar-refractivity contribution < 1.29 is 4.74 Å². The third-order valence-corrected chi connectivity index (χ3v) is 4.22. The van der Waals surface area contributed by atoms with Crippen molar-refractivity contribution >= 4 is 43.2 Å². The van der Waals surface area contributed by atoms with Crippen LogP contribution in [0.3, 0.4) is 0 Å². The van der Waals surface area contributed by atoms with E-state index in [9.17, 15) is 0 Å². The number of ether oxygens (including phenoxy) is 1. The molecule has 0 radical (unpaired) electrons. The molecule has 0 saturated heterocycles. The normalized spacial score (nSPS) is 10.9. The Morgan fingerprint density at radius 1 is 1.21 bits per heavy atom. The average molecular weight is 407 g/mol. The van der Waals surface area contributed by atoms with Gasteiger partial charge in [-0.15, -0.1) is 10.2 Å². The number of hydrogen-bond donors (Lipinski definition) is 1. The van der Waals surface area contributed by atoms with Crippen molar-refractivity contribution in [3.63, 3.8) is 0 Å². The summed E-state index contributed by atoms with van der Waals surface area (Å²) in [4.78, 5) is 0. The highest BCUT2D eigenvalue weighted by Crippen LogP contribution is 2.29. The van der Waals surface area contributed by atoms with E-state index in [2.05, 4.69) is 47.4 Å². The molecule has 0 fully saturated rings. The second kappa shape index (κ2) is 7.44. The summed E-state index contributed by atoms with van der Waals surface area (Å²) in [5, 5.41) is 13.6. The average Bonchev–Trinajstić information content (AvgIpc) is 2.82. The van der Waals surface area contributed by atoms with Crippen molar-refractivity contribution in [1.29, 1.82) is 0 Å². The Kier molecular flexibility index (Phi) is 5.90. The first kappa shape index (κ1) is 15.1. The minimum absolute atomic E-state index is 0.699. The first-order valence-electron chi connectivity index (χ1n) is 5.67. The summed E-state index contributed by atoms with van der Waals surface area (Å²) in [6, 6.07) is 6.07. The molecule has 1 aromatic carbocycles. The van der Waals surface area contributed by atoms with Gasteiger partial charge in [0.05, 0.1) is 6.61 Å². The van der Waals surface area contributed by atoms with Gasteiger partial charge in [0.1, 0.15) is 10.0 Å². The number of nitrogens with one attached hydrogen (secondary N) is 1. The van der Waals surface area contributed by atoms with Crippen molar-refractivity contribution in [1.82, 2.24) is 15.5 Å². The van der Waals surface area contributed by atoms with E-state index in [4.69, 9.17) is 4.74 Å². The quantitative estimate of drug-likeness (QED) is 0.746. The third kappa shape index (κ3) is 4.61. The van der Waals surface area contributed by atoms with Gasteiger partial charge in [-0.1, -0.05) is 43.2 Å². The predicted octanol–water partition coefficient (Wildman–Crippen LogP) is 3.47. The van der Waals surface area contributed by atoms with Crippen LogP contribution in [0.5, 0.6) is 0 Å². The molecule has 1 aromatic heterocycles. The van der Waals surface area contributed by atoms with Crippen LogP contribution < -0.4 is 5.32 Å². The standard InChI is InChI=1S/C12H13Br2N3OS/c1-18-3-2-15-7-11-16-17-12(19-11)8-4-9(13)6-10(14)5-8/h4-6,15H,2-3,7H2,1H3. The van der Waals surface area contributed by atoms with E-state index in [-0.39, 0.29) is 0 Å². The van der Waals surface area contributed by atoms with Crippen LogP contribution in [0.2, 0.25) is 0 Å². The Morgan fingerprint density at radius 3 is 2.63 bits per heavy atom. The monoisotopic (exact) mass is 405 g/mol. The summed E-state index contributed by atoms with van der Waals surface area (Å²) < 4.78 is 7.02. The zero-order valence-corrected chi connectivity index (χ0v) is 14.3. The fourth-order valence-electron chi connectivity index (χ4n) is 1.49. The molecule has 1 N–H and O–H groups in total. The second-order valence-corrected chi connectivity index (χ2v) is 6.72. The van der Waals surface area contributed by atoms with E-state index in [0.717, 1.165) is 37.6 Å². The van der Waals surface area contributed by atoms with Crippen LogP contribution in [0.25, 0.3) is 10.6 Å². The Hall–Kier alpha value is -0.340. The first-order chi connectivity index (χ1) is 9.19. The van der Waals surface area contributed by atoms with Gasteiger partial charge in [-0.25, -0.2) is 0 Å². The molecule has 0 aliphatic carbocycles. The van der Waals surface area contributed by atoms with Crippen LogP contribution in [0, 0.1) is 0 Å². The summed E-state index contributed by atoms with van der Waals surface area (Å²) in [6.45, 7) is 2.23. The maximum absolute atomic E-state index is 4.98. The number of nitrogens with zero attached hydrogens (tertiary/aromatic N) is 2. The van der Waals surface area contributed by atoms with E-state index in [1.165, 1.54) is 0 Å². The van der Waals surface area contributed by atoms with Gasteiger partial charge >= 0.3 is 0 Å². The van der Waals surface area contributed by atoms with E-state index < -0.39 is 0 Å². The van der Waals surface area contributed by atoms with Crippen molar-refractivity contribution in [3.05, 3.63) is 32.2 Å². The van der Waals surface area contributed by atoms with Gasteiger partial charge in [-0.2, -0.15) is 0 Å². The molecule has 0 unspecified atom stereocenters. The molecule has 0 bridgehead atoms. The second-order valence-electron chi connectivity index (χ2n) is 3.83. The molecule has 0 aliphatic heterocycles. The Labute approximate surface area is 132 Å². The van der Waals surface area contributed by atoms with Crippen LogP contribution >= 0.6 is 43.2 Å². The molecule has 2 rings (SSSR count). The van der Waals surface area contributed by atoms with Crippen molar-refractivity contribution in [3.8, 4) is 10.6 Å². The summed E-state index contributed by atoms with van der Waals surface area (Å²) in [5.41, 5.74) is 1.06. The maximum Gasteiger partial charge on any atom is 0.147 e. The van der Waals surface area contributed by atoms with Crippen molar-refractivity contribution in [2.75, 3.05) is 20.3 Å². The SMILES string of the molecule is COCCNCc1nnc(-c2cc(Br)cc(Br)c2)s1. The molecule has 7 heteroatoms. The zero-order valence-electron chi connectivity index (χ0n) is 10.3. The molecule has 4 nitrogen and oxygen atoms in total. The Balaban J connectivity index is 2.03. The lowest BCUT2D eigenvalue weighted by molar-refractivity contribution is 0.199. The van der Waals surface area contributed by atoms with Crippen LogP contribution in [-0.4, -0.2) is 30.5 Å². The van der Waals surface area contributed by atoms with Crippen LogP contribution in [0.1, 0.15) is 5.01 Å². The first-order valence-corrected chi connectivity index (χ1v) is 8.08. The number of halogens is 2. The smallest absolute Gasteiger partial charge is 0.147 e. The summed E-state index contributed by atoms with van der Waals surface area (Å²) in [6.07, 6.45) is 0. The topological polar surface area (TPSA) is 47.0 Å². The number of methoxy groups -OCH3 is 1. The van der Waals surface area contributed by atoms with Gasteiger partial charge in [-0.05, 0) is 18.2 Å². The Bertz CT molecular complexity index is 527. The van der Waals surface area contributed by atoms with Gasteiger partial charge in [0.25, 0.3) is 0 Å². The van der Waals surface area contributed by atoms with E-state index in [0.29, 0.717) is 6.61 Å². The molecule has 19 heavy (non-hydrogen) atoms. The van der Waals surface area contributed by atoms with Gasteiger partial charge < -0.3 is 10.1 Å². The molecule has 0 atom stereocenters. The molecule has 1 heterocycles. The van der Waals surface area contributed by atoms with E-state index >= 15 is 0 Å². The largest absolute Gasteiger partial charge is 0.383 e. The fraction of sp³-hybridized carbons (Fsp3) is 0.333. The zero-order chi connectivity index (χ0) is 13.7. The highest BCUT2D eigenvalue weighted by molar-refractivity contribution is 9.11. The fourth-order valence-corrected chi connectivity index (χ4v) is 3.58. The van der Waals surface area contributed by atoms with Gasteiger partial charge in [-0.3, -0.25) is 0 Å². The third-order valence-electron chi connectivity index (χ3n) is 2.34. The van der Waals surface area contributed by atoms with E-state index in [1.807, 2.05) is 18.2 Å². The van der Waals surface area contributed by atoms with Crippen LogP contribution in [0.4, 0.5) is 0 Å². The Morgan fingerprint density at radius 2 is 1.95 bits per heavy atom. The maximum atomic E-state index is 4.98. The summed E-state index contributed by atoms with van der Waals surface area (Å²) >= 11 is 8.55. The minimum Gasteiger partial charge on any atom is -0.383 e. The minimum atomic E-state index is 0.699. The predicted molar refractivity (Wildman–Crippen MR) is 84.3 cm³/mol. The summed E-state index contributed by atoms with van der Waals surface area (Å²) in [7, 11) is 1.69. The summed E-state index contributed by atoms with van der Waals surface area (Å²) in [5.74, 6) is 0. The molecule has 102 valence electrons. The lowest BCUT2D eigenvalue weighted by Crippen LogP contribution is -2.18. The van der Waals surface area contributed by atoms with Crippen LogP contribution in [0.15, 0.2) is 27.1 Å². The number of hydrogen-bond acceptors (Lipinski definition) is 5. The van der Waals surface area contributed by atoms with Gasteiger partial charge in [0.15, 0.2) is 0 Å². The number of rotatable bonds is 6. The molecular weight excluding hydrogens is 394 g/mol. The molecular formula is C12H13Br2N3OS. The van der Waals surface area contributed by atoms with Gasteiger partial charge in [0, 0.05) is 34.7 Å². The van der Waals surface area contributed by atoms with Crippen molar-refractivity contribution in [2.24, 2.45) is 0 Å². The lowest BCUT2D eigenvalue weighted by Gasteiger charge is -2.00. The highest BCUT2D eigenvalue weighted by Gasteiger charge is 2.08. The molecule has 0 spiro atoms. The molecule has 2 aromatic rings. The molecule has 0 aliphatic rings. The van der Waals surface area contributed by atoms with E-state index in [1.54, 1.807) is 18.4 Å². The van der Waals surface area contributed by atoms with Crippen LogP contribution in [-0.2, 0) is 11.3 Å². The molecule has 0 saturated carbocycles.